The van der Waals surface area contributed by atoms with Crippen molar-refractivity contribution in [3.8, 4) is 0 Å². The van der Waals surface area contributed by atoms with Crippen LogP contribution in [0.3, 0.4) is 0 Å². The van der Waals surface area contributed by atoms with Crippen LogP contribution in [0.1, 0.15) is 21.5 Å². The lowest BCUT2D eigenvalue weighted by atomic mass is 9.98. The van der Waals surface area contributed by atoms with Crippen LogP contribution in [0.5, 0.6) is 0 Å². The first-order valence-corrected chi connectivity index (χ1v) is 9.49. The fourth-order valence-electron chi connectivity index (χ4n) is 3.46. The SMILES string of the molecule is O=C(Nc1ccc2c(c1)CN(C(=O)c1ccccc1)CC2)Nc1c(F)cccc1F. The van der Waals surface area contributed by atoms with Crippen LogP contribution in [0, 0.1) is 11.6 Å². The van der Waals surface area contributed by atoms with Gasteiger partial charge in [0.1, 0.15) is 17.3 Å². The summed E-state index contributed by atoms with van der Waals surface area (Å²) >= 11 is 0. The molecule has 0 atom stereocenters. The maximum atomic E-state index is 13.7. The molecule has 0 bridgehead atoms. The maximum Gasteiger partial charge on any atom is 0.323 e. The Morgan fingerprint density at radius 1 is 0.833 bits per heavy atom. The van der Waals surface area contributed by atoms with Gasteiger partial charge in [0.25, 0.3) is 5.91 Å². The zero-order valence-corrected chi connectivity index (χ0v) is 16.0. The highest BCUT2D eigenvalue weighted by molar-refractivity contribution is 6.00. The third-order valence-corrected chi connectivity index (χ3v) is 4.99. The van der Waals surface area contributed by atoms with Crippen LogP contribution < -0.4 is 10.6 Å². The second-order valence-electron chi connectivity index (χ2n) is 7.00. The van der Waals surface area contributed by atoms with E-state index < -0.39 is 23.4 Å². The minimum Gasteiger partial charge on any atom is -0.334 e. The van der Waals surface area contributed by atoms with E-state index in [1.165, 1.54) is 6.07 Å². The Bertz CT molecular complexity index is 1080. The molecule has 2 N–H and O–H groups in total. The molecular formula is C23H19F2N3O2. The van der Waals surface area contributed by atoms with Crippen molar-refractivity contribution in [3.63, 3.8) is 0 Å². The second kappa shape index (κ2) is 8.32. The molecule has 0 unspecified atom stereocenters. The van der Waals surface area contributed by atoms with Crippen molar-refractivity contribution in [2.24, 2.45) is 0 Å². The van der Waals surface area contributed by atoms with E-state index in [1.54, 1.807) is 29.2 Å². The Labute approximate surface area is 172 Å². The van der Waals surface area contributed by atoms with Gasteiger partial charge in [-0.15, -0.1) is 0 Å². The van der Waals surface area contributed by atoms with E-state index in [9.17, 15) is 18.4 Å². The molecule has 5 nitrogen and oxygen atoms in total. The molecule has 1 aliphatic rings. The van der Waals surface area contributed by atoms with Crippen molar-refractivity contribution in [1.29, 1.82) is 0 Å². The van der Waals surface area contributed by atoms with Gasteiger partial charge in [-0.3, -0.25) is 4.79 Å². The summed E-state index contributed by atoms with van der Waals surface area (Å²) in [6.45, 7) is 1.03. The molecule has 0 saturated heterocycles. The summed E-state index contributed by atoms with van der Waals surface area (Å²) in [5.41, 5.74) is 2.60. The number of carbonyl (C=O) groups excluding carboxylic acids is 2. The van der Waals surface area contributed by atoms with E-state index in [1.807, 2.05) is 24.3 Å². The molecule has 3 aromatic carbocycles. The quantitative estimate of drug-likeness (QED) is 0.655. The highest BCUT2D eigenvalue weighted by atomic mass is 19.1. The van der Waals surface area contributed by atoms with Crippen LogP contribution in [-0.4, -0.2) is 23.4 Å². The zero-order chi connectivity index (χ0) is 21.1. The third kappa shape index (κ3) is 4.15. The number of amides is 3. The monoisotopic (exact) mass is 407 g/mol. The minimum absolute atomic E-state index is 0.0487. The Morgan fingerprint density at radius 3 is 2.30 bits per heavy atom. The number of carbonyl (C=O) groups is 2. The summed E-state index contributed by atoms with van der Waals surface area (Å²) in [7, 11) is 0. The zero-order valence-electron chi connectivity index (χ0n) is 16.0. The molecule has 3 aromatic rings. The fraction of sp³-hybridized carbons (Fsp3) is 0.130. The van der Waals surface area contributed by atoms with Gasteiger partial charge in [-0.25, -0.2) is 13.6 Å². The van der Waals surface area contributed by atoms with Crippen LogP contribution in [0.15, 0.2) is 66.7 Å². The molecule has 7 heteroatoms. The fourth-order valence-corrected chi connectivity index (χ4v) is 3.46. The van der Waals surface area contributed by atoms with E-state index in [0.717, 1.165) is 23.3 Å². The Kier molecular flexibility index (Phi) is 5.43. The van der Waals surface area contributed by atoms with Gasteiger partial charge in [0.05, 0.1) is 0 Å². The molecule has 1 aliphatic heterocycles. The van der Waals surface area contributed by atoms with Gasteiger partial charge in [0.2, 0.25) is 0 Å². The number of rotatable bonds is 3. The average molecular weight is 407 g/mol. The van der Waals surface area contributed by atoms with Gasteiger partial charge in [-0.05, 0) is 53.9 Å². The van der Waals surface area contributed by atoms with E-state index in [4.69, 9.17) is 0 Å². The largest absolute Gasteiger partial charge is 0.334 e. The van der Waals surface area contributed by atoms with E-state index in [2.05, 4.69) is 10.6 Å². The van der Waals surface area contributed by atoms with E-state index in [0.29, 0.717) is 30.8 Å². The van der Waals surface area contributed by atoms with Crippen LogP contribution in [0.25, 0.3) is 0 Å². The van der Waals surface area contributed by atoms with Gasteiger partial charge in [0.15, 0.2) is 0 Å². The minimum atomic E-state index is -0.856. The molecule has 0 aliphatic carbocycles. The van der Waals surface area contributed by atoms with E-state index in [-0.39, 0.29) is 5.91 Å². The first kappa shape index (κ1) is 19.6. The van der Waals surface area contributed by atoms with Crippen LogP contribution >= 0.6 is 0 Å². The molecule has 30 heavy (non-hydrogen) atoms. The summed E-state index contributed by atoms with van der Waals surface area (Å²) in [5, 5.41) is 4.77. The molecule has 0 aromatic heterocycles. The molecule has 3 amide bonds. The Balaban J connectivity index is 1.46. The number of benzene rings is 3. The number of para-hydroxylation sites is 1. The van der Waals surface area contributed by atoms with Crippen molar-refractivity contribution in [2.45, 2.75) is 13.0 Å². The number of urea groups is 1. The molecule has 1 heterocycles. The summed E-state index contributed by atoms with van der Waals surface area (Å²) < 4.78 is 27.4. The third-order valence-electron chi connectivity index (χ3n) is 4.99. The predicted molar refractivity (Wildman–Crippen MR) is 110 cm³/mol. The topological polar surface area (TPSA) is 61.4 Å². The summed E-state index contributed by atoms with van der Waals surface area (Å²) in [4.78, 5) is 26.7. The normalized spacial score (nSPS) is 12.8. The number of fused-ring (bicyclic) bond motifs is 1. The smallest absolute Gasteiger partial charge is 0.323 e. The van der Waals surface area contributed by atoms with Gasteiger partial charge in [-0.1, -0.05) is 30.3 Å². The molecule has 0 fully saturated rings. The van der Waals surface area contributed by atoms with Crippen molar-refractivity contribution >= 4 is 23.3 Å². The van der Waals surface area contributed by atoms with Crippen molar-refractivity contribution < 1.29 is 18.4 Å². The summed E-state index contributed by atoms with van der Waals surface area (Å²) in [5.74, 6) is -1.76. The summed E-state index contributed by atoms with van der Waals surface area (Å²) in [6, 6.07) is 17.1. The van der Waals surface area contributed by atoms with Crippen molar-refractivity contribution in [1.82, 2.24) is 4.90 Å². The maximum absolute atomic E-state index is 13.7. The second-order valence-corrected chi connectivity index (χ2v) is 7.00. The van der Waals surface area contributed by atoms with Crippen LogP contribution in [0.2, 0.25) is 0 Å². The first-order valence-electron chi connectivity index (χ1n) is 9.49. The van der Waals surface area contributed by atoms with Crippen LogP contribution in [0.4, 0.5) is 25.0 Å². The number of nitrogens with zero attached hydrogens (tertiary/aromatic N) is 1. The highest BCUT2D eigenvalue weighted by Gasteiger charge is 2.22. The van der Waals surface area contributed by atoms with E-state index >= 15 is 0 Å². The van der Waals surface area contributed by atoms with Crippen LogP contribution in [-0.2, 0) is 13.0 Å². The number of hydrogen-bond acceptors (Lipinski definition) is 2. The number of hydrogen-bond donors (Lipinski definition) is 2. The highest BCUT2D eigenvalue weighted by Crippen LogP contribution is 2.24. The standard InChI is InChI=1S/C23H19F2N3O2/c24-19-7-4-8-20(25)21(19)27-23(30)26-18-10-9-15-11-12-28(14-17(15)13-18)22(29)16-5-2-1-3-6-16/h1-10,13H,11-12,14H2,(H2,26,27,30). The first-order chi connectivity index (χ1) is 14.5. The van der Waals surface area contributed by atoms with Gasteiger partial charge < -0.3 is 15.5 Å². The van der Waals surface area contributed by atoms with Gasteiger partial charge in [0, 0.05) is 24.3 Å². The number of nitrogens with one attached hydrogen (secondary N) is 2. The van der Waals surface area contributed by atoms with Crippen molar-refractivity contribution in [3.05, 3.63) is 95.1 Å². The lowest BCUT2D eigenvalue weighted by Gasteiger charge is -2.29. The lowest BCUT2D eigenvalue weighted by molar-refractivity contribution is 0.0734. The molecule has 0 spiro atoms. The summed E-state index contributed by atoms with van der Waals surface area (Å²) in [6.07, 6.45) is 0.709. The average Bonchev–Trinajstić information content (AvgIpc) is 2.76. The molecule has 4 rings (SSSR count). The molecule has 152 valence electrons. The Morgan fingerprint density at radius 2 is 1.57 bits per heavy atom. The molecule has 0 saturated carbocycles. The lowest BCUT2D eigenvalue weighted by Crippen LogP contribution is -2.36. The Hall–Kier alpha value is -3.74. The number of anilines is 2. The molecular weight excluding hydrogens is 388 g/mol. The van der Waals surface area contributed by atoms with Gasteiger partial charge in [-0.2, -0.15) is 0 Å². The van der Waals surface area contributed by atoms with Gasteiger partial charge >= 0.3 is 6.03 Å². The van der Waals surface area contributed by atoms with Crippen molar-refractivity contribution in [2.75, 3.05) is 17.2 Å². The molecule has 0 radical (unpaired) electrons. The number of halogens is 2. The predicted octanol–water partition coefficient (Wildman–Crippen LogP) is 4.81.